The number of nitrogens with one attached hydrogen (secondary N) is 3. The molecule has 202 valence electrons. The summed E-state index contributed by atoms with van der Waals surface area (Å²) in [4.78, 5) is 53.6. The molecule has 0 aliphatic carbocycles. The van der Waals surface area contributed by atoms with E-state index in [0.29, 0.717) is 12.8 Å². The first kappa shape index (κ1) is 32.1. The lowest BCUT2D eigenvalue weighted by atomic mass is 10.0. The average Bonchev–Trinajstić information content (AvgIpc) is 2.71. The number of nitrogens with zero attached hydrogens (tertiary/aromatic N) is 1. The van der Waals surface area contributed by atoms with Crippen molar-refractivity contribution < 1.29 is 29.4 Å². The summed E-state index contributed by atoms with van der Waals surface area (Å²) in [5.74, 6) is -3.35. The Morgan fingerprint density at radius 3 is 1.83 bits per heavy atom. The summed E-state index contributed by atoms with van der Waals surface area (Å²) in [5.41, 5.74) is 16.5. The highest BCUT2D eigenvalue weighted by Crippen LogP contribution is 2.08. The van der Waals surface area contributed by atoms with E-state index >= 15 is 0 Å². The van der Waals surface area contributed by atoms with Crippen LogP contribution >= 0.6 is 0 Å². The number of rotatable bonds is 16. The van der Waals surface area contributed by atoms with E-state index in [4.69, 9.17) is 17.2 Å². The van der Waals surface area contributed by atoms with Gasteiger partial charge >= 0.3 is 5.97 Å². The van der Waals surface area contributed by atoms with Gasteiger partial charge < -0.3 is 43.4 Å². The molecule has 0 aromatic heterocycles. The smallest absolute Gasteiger partial charge is 0.326 e. The maximum absolute atomic E-state index is 13.0. The molecule has 35 heavy (non-hydrogen) atoms. The van der Waals surface area contributed by atoms with Gasteiger partial charge in [-0.25, -0.2) is 4.79 Å². The topological polar surface area (TPSA) is 235 Å². The average molecular weight is 502 g/mol. The summed E-state index contributed by atoms with van der Waals surface area (Å²) in [6.07, 6.45) is -0.315. The largest absolute Gasteiger partial charge is 0.480 e. The van der Waals surface area contributed by atoms with Crippen LogP contribution in [0.5, 0.6) is 0 Å². The van der Waals surface area contributed by atoms with Gasteiger partial charge in [0, 0.05) is 6.54 Å². The molecule has 5 atom stereocenters. The number of nitrogens with two attached hydrogens (primary N) is 3. The molecule has 0 heterocycles. The third kappa shape index (κ3) is 13.5. The molecule has 0 radical (unpaired) electrons. The number of carboxylic acids is 1. The summed E-state index contributed by atoms with van der Waals surface area (Å²) < 4.78 is 0. The molecular formula is C22H43N7O6. The van der Waals surface area contributed by atoms with Crippen molar-refractivity contribution in [3.63, 3.8) is 0 Å². The fourth-order valence-corrected chi connectivity index (χ4v) is 3.28. The molecule has 0 aliphatic heterocycles. The van der Waals surface area contributed by atoms with Crippen molar-refractivity contribution >= 4 is 29.7 Å². The molecule has 0 aliphatic rings. The fraction of sp³-hybridized carbons (Fsp3) is 0.773. The second-order valence-corrected chi connectivity index (χ2v) is 9.50. The highest BCUT2D eigenvalue weighted by atomic mass is 16.4. The number of carbonyl (C=O) groups excluding carboxylic acids is 3. The maximum Gasteiger partial charge on any atom is 0.326 e. The predicted molar refractivity (Wildman–Crippen MR) is 132 cm³/mol. The van der Waals surface area contributed by atoms with Crippen LogP contribution in [0.3, 0.4) is 0 Å². The highest BCUT2D eigenvalue weighted by molar-refractivity contribution is 5.94. The molecule has 0 aromatic carbocycles. The van der Waals surface area contributed by atoms with Crippen molar-refractivity contribution in [1.82, 2.24) is 16.0 Å². The molecule has 0 saturated carbocycles. The van der Waals surface area contributed by atoms with Crippen molar-refractivity contribution in [3.8, 4) is 0 Å². The van der Waals surface area contributed by atoms with Crippen LogP contribution in [0.1, 0.15) is 60.3 Å². The Morgan fingerprint density at radius 2 is 1.37 bits per heavy atom. The van der Waals surface area contributed by atoms with Gasteiger partial charge in [-0.3, -0.25) is 19.4 Å². The Labute approximate surface area is 206 Å². The van der Waals surface area contributed by atoms with Gasteiger partial charge in [-0.05, 0) is 44.4 Å². The predicted octanol–water partition coefficient (Wildman–Crippen LogP) is -1.62. The van der Waals surface area contributed by atoms with Gasteiger partial charge in [0.25, 0.3) is 0 Å². The standard InChI is InChI=1S/C22H43N7O6/c1-11(2)9-14(23)18(31)27-15(7-6-8-26-22(24)25)19(32)29-17(13(5)30)20(33)28-16(21(34)35)10-12(3)4/h11-17,30H,6-10,23H2,1-5H3,(H,27,31)(H,28,33)(H,29,32)(H,34,35)(H4,24,25,26). The van der Waals surface area contributed by atoms with Gasteiger partial charge in [-0.1, -0.05) is 27.7 Å². The number of guanidine groups is 1. The quantitative estimate of drug-likeness (QED) is 0.0688. The molecule has 0 bridgehead atoms. The zero-order valence-electron chi connectivity index (χ0n) is 21.3. The number of carbonyl (C=O) groups is 4. The van der Waals surface area contributed by atoms with E-state index in [1.165, 1.54) is 6.92 Å². The second-order valence-electron chi connectivity index (χ2n) is 9.50. The lowest BCUT2D eigenvalue weighted by Crippen LogP contribution is -2.60. The summed E-state index contributed by atoms with van der Waals surface area (Å²) >= 11 is 0. The van der Waals surface area contributed by atoms with Gasteiger partial charge in [-0.15, -0.1) is 0 Å². The molecule has 0 spiro atoms. The number of amides is 3. The normalized spacial score (nSPS) is 15.5. The number of carboxylic acid groups (broad SMARTS) is 1. The van der Waals surface area contributed by atoms with E-state index in [9.17, 15) is 29.4 Å². The Balaban J connectivity index is 5.53. The summed E-state index contributed by atoms with van der Waals surface area (Å²) in [6, 6.07) is -4.57. The zero-order chi connectivity index (χ0) is 27.3. The van der Waals surface area contributed by atoms with Crippen LogP contribution in [-0.4, -0.2) is 76.7 Å². The van der Waals surface area contributed by atoms with E-state index in [-0.39, 0.29) is 37.2 Å². The lowest BCUT2D eigenvalue weighted by molar-refractivity contribution is -0.143. The van der Waals surface area contributed by atoms with E-state index in [1.807, 2.05) is 13.8 Å². The number of hydrogen-bond donors (Lipinski definition) is 8. The van der Waals surface area contributed by atoms with Crippen molar-refractivity contribution in [3.05, 3.63) is 0 Å². The minimum Gasteiger partial charge on any atom is -0.480 e. The van der Waals surface area contributed by atoms with E-state index in [2.05, 4.69) is 20.9 Å². The van der Waals surface area contributed by atoms with Crippen LogP contribution in [0.25, 0.3) is 0 Å². The van der Waals surface area contributed by atoms with Crippen LogP contribution in [-0.2, 0) is 19.2 Å². The molecular weight excluding hydrogens is 458 g/mol. The number of aliphatic hydroxyl groups is 1. The van der Waals surface area contributed by atoms with Crippen LogP contribution in [0.2, 0.25) is 0 Å². The molecule has 5 unspecified atom stereocenters. The maximum atomic E-state index is 13.0. The van der Waals surface area contributed by atoms with E-state index in [0.717, 1.165) is 0 Å². The molecule has 13 nitrogen and oxygen atoms in total. The highest BCUT2D eigenvalue weighted by Gasteiger charge is 2.32. The Kier molecular flexibility index (Phi) is 14.5. The van der Waals surface area contributed by atoms with Crippen molar-refractivity contribution in [2.75, 3.05) is 6.54 Å². The molecule has 13 heteroatoms. The third-order valence-electron chi connectivity index (χ3n) is 5.02. The fourth-order valence-electron chi connectivity index (χ4n) is 3.28. The van der Waals surface area contributed by atoms with Gasteiger partial charge in [0.15, 0.2) is 5.96 Å². The first-order chi connectivity index (χ1) is 16.1. The Morgan fingerprint density at radius 1 is 0.829 bits per heavy atom. The number of hydrogen-bond acceptors (Lipinski definition) is 7. The number of aliphatic hydroxyl groups excluding tert-OH is 1. The molecule has 3 amide bonds. The van der Waals surface area contributed by atoms with Gasteiger partial charge in [0.05, 0.1) is 12.1 Å². The second kappa shape index (κ2) is 15.9. The molecule has 0 rings (SSSR count). The molecule has 0 fully saturated rings. The Bertz CT molecular complexity index is 738. The monoisotopic (exact) mass is 501 g/mol. The Hall–Kier alpha value is -2.93. The lowest BCUT2D eigenvalue weighted by Gasteiger charge is -2.27. The van der Waals surface area contributed by atoms with Crippen LogP contribution < -0.4 is 33.2 Å². The van der Waals surface area contributed by atoms with E-state index in [1.54, 1.807) is 13.8 Å². The minimum atomic E-state index is -1.45. The minimum absolute atomic E-state index is 0.0177. The van der Waals surface area contributed by atoms with Gasteiger partial charge in [-0.2, -0.15) is 0 Å². The third-order valence-corrected chi connectivity index (χ3v) is 5.02. The first-order valence-electron chi connectivity index (χ1n) is 11.8. The zero-order valence-corrected chi connectivity index (χ0v) is 21.3. The van der Waals surface area contributed by atoms with Crippen LogP contribution in [0.4, 0.5) is 0 Å². The molecule has 0 saturated heterocycles. The van der Waals surface area contributed by atoms with Crippen molar-refractivity contribution in [2.45, 2.75) is 90.6 Å². The summed E-state index contributed by atoms with van der Waals surface area (Å²) in [5, 5.41) is 26.8. The molecule has 11 N–H and O–H groups in total. The van der Waals surface area contributed by atoms with Crippen LogP contribution in [0, 0.1) is 11.8 Å². The molecule has 0 aromatic rings. The van der Waals surface area contributed by atoms with Gasteiger partial charge in [0.2, 0.25) is 17.7 Å². The van der Waals surface area contributed by atoms with E-state index < -0.39 is 54.0 Å². The summed E-state index contributed by atoms with van der Waals surface area (Å²) in [6.45, 7) is 8.90. The van der Waals surface area contributed by atoms with Crippen molar-refractivity contribution in [1.29, 1.82) is 0 Å². The van der Waals surface area contributed by atoms with Crippen LogP contribution in [0.15, 0.2) is 4.99 Å². The number of aliphatic carboxylic acids is 1. The summed E-state index contributed by atoms with van der Waals surface area (Å²) in [7, 11) is 0. The van der Waals surface area contributed by atoms with Crippen molar-refractivity contribution in [2.24, 2.45) is 34.0 Å². The number of aliphatic imine (C=N–C) groups is 1. The SMILES string of the molecule is CC(C)CC(N)C(=O)NC(CCCN=C(N)N)C(=O)NC(C(=O)NC(CC(C)C)C(=O)O)C(C)O. The first-order valence-corrected chi connectivity index (χ1v) is 11.8. The van der Waals surface area contributed by atoms with Gasteiger partial charge in [0.1, 0.15) is 18.1 Å².